The second-order valence-corrected chi connectivity index (χ2v) is 8.98. The van der Waals surface area contributed by atoms with Crippen molar-refractivity contribution in [2.45, 2.75) is 31.0 Å². The van der Waals surface area contributed by atoms with Crippen LogP contribution in [0.5, 0.6) is 0 Å². The standard InChI is InChI=1S/C22H25ClN6OS/c23-18-6-8-19(9-7-18)25-20(30)16-31-22-27-26-21(17-5-4-10-24-15-17)29(22)14-13-28-11-2-1-3-12-28/h4-10,15H,1-3,11-14,16H2,(H,25,30)/p+1. The quantitative estimate of drug-likeness (QED) is 0.508. The molecule has 0 unspecified atom stereocenters. The van der Waals surface area contributed by atoms with Crippen LogP contribution in [0, 0.1) is 0 Å². The minimum Gasteiger partial charge on any atom is -0.333 e. The number of nitrogens with zero attached hydrogens (tertiary/aromatic N) is 4. The number of hydrogen-bond donors (Lipinski definition) is 2. The van der Waals surface area contributed by atoms with E-state index in [4.69, 9.17) is 11.6 Å². The molecule has 2 N–H and O–H groups in total. The maximum Gasteiger partial charge on any atom is 0.234 e. The molecule has 3 aromatic rings. The summed E-state index contributed by atoms with van der Waals surface area (Å²) in [5.74, 6) is 0.959. The number of hydrogen-bond acceptors (Lipinski definition) is 5. The van der Waals surface area contributed by atoms with Crippen LogP contribution in [-0.2, 0) is 11.3 Å². The summed E-state index contributed by atoms with van der Waals surface area (Å²) in [5.41, 5.74) is 1.65. The van der Waals surface area contributed by atoms with Crippen LogP contribution in [0.1, 0.15) is 19.3 Å². The van der Waals surface area contributed by atoms with Gasteiger partial charge in [0.1, 0.15) is 0 Å². The Morgan fingerprint density at radius 3 is 2.68 bits per heavy atom. The summed E-state index contributed by atoms with van der Waals surface area (Å²) in [6.07, 6.45) is 7.47. The molecule has 2 aromatic heterocycles. The number of pyridine rings is 1. The van der Waals surface area contributed by atoms with Gasteiger partial charge in [-0.3, -0.25) is 14.3 Å². The van der Waals surface area contributed by atoms with Gasteiger partial charge in [-0.2, -0.15) is 0 Å². The third-order valence-electron chi connectivity index (χ3n) is 5.35. The fraction of sp³-hybridized carbons (Fsp3) is 0.364. The molecule has 7 nitrogen and oxygen atoms in total. The molecule has 0 aliphatic carbocycles. The van der Waals surface area contributed by atoms with E-state index in [-0.39, 0.29) is 11.7 Å². The molecular formula is C22H26ClN6OS+. The SMILES string of the molecule is O=C(CSc1nnc(-c2cccnc2)n1CC[NH+]1CCCCC1)Nc1ccc(Cl)cc1. The first-order valence-electron chi connectivity index (χ1n) is 10.5. The van der Waals surface area contributed by atoms with E-state index in [9.17, 15) is 4.79 Å². The summed E-state index contributed by atoms with van der Waals surface area (Å²) in [7, 11) is 0. The number of aromatic nitrogens is 4. The average Bonchev–Trinajstić information content (AvgIpc) is 3.22. The molecule has 31 heavy (non-hydrogen) atoms. The van der Waals surface area contributed by atoms with Gasteiger partial charge in [0, 0.05) is 28.7 Å². The first-order valence-corrected chi connectivity index (χ1v) is 11.9. The Bertz CT molecular complexity index is 989. The molecule has 0 radical (unpaired) electrons. The lowest BCUT2D eigenvalue weighted by Crippen LogP contribution is -3.13. The molecule has 0 atom stereocenters. The zero-order chi connectivity index (χ0) is 21.5. The van der Waals surface area contributed by atoms with Gasteiger partial charge in [0.2, 0.25) is 5.91 Å². The Hall–Kier alpha value is -2.42. The molecule has 0 saturated carbocycles. The Morgan fingerprint density at radius 2 is 1.94 bits per heavy atom. The van der Waals surface area contributed by atoms with Gasteiger partial charge < -0.3 is 10.2 Å². The van der Waals surface area contributed by atoms with E-state index in [1.165, 1.54) is 44.1 Å². The van der Waals surface area contributed by atoms with Crippen molar-refractivity contribution in [3.8, 4) is 11.4 Å². The van der Waals surface area contributed by atoms with Crippen molar-refractivity contribution in [1.82, 2.24) is 19.7 Å². The van der Waals surface area contributed by atoms with E-state index in [2.05, 4.69) is 25.1 Å². The molecule has 1 aliphatic rings. The Labute approximate surface area is 191 Å². The van der Waals surface area contributed by atoms with E-state index in [1.807, 2.05) is 12.1 Å². The number of likely N-dealkylation sites (tertiary alicyclic amines) is 1. The van der Waals surface area contributed by atoms with Crippen molar-refractivity contribution in [3.63, 3.8) is 0 Å². The van der Waals surface area contributed by atoms with Crippen molar-refractivity contribution in [2.24, 2.45) is 0 Å². The topological polar surface area (TPSA) is 77.1 Å². The van der Waals surface area contributed by atoms with E-state index < -0.39 is 0 Å². The van der Waals surface area contributed by atoms with Crippen molar-refractivity contribution in [2.75, 3.05) is 30.7 Å². The van der Waals surface area contributed by atoms with Gasteiger partial charge in [-0.1, -0.05) is 23.4 Å². The van der Waals surface area contributed by atoms with Crippen LogP contribution in [0.4, 0.5) is 5.69 Å². The molecule has 9 heteroatoms. The predicted octanol–water partition coefficient (Wildman–Crippen LogP) is 2.79. The van der Waals surface area contributed by atoms with Crippen LogP contribution in [0.2, 0.25) is 5.02 Å². The molecule has 3 heterocycles. The normalized spacial score (nSPS) is 14.5. The third-order valence-corrected chi connectivity index (χ3v) is 6.57. The monoisotopic (exact) mass is 457 g/mol. The zero-order valence-electron chi connectivity index (χ0n) is 17.3. The van der Waals surface area contributed by atoms with E-state index >= 15 is 0 Å². The first-order chi connectivity index (χ1) is 15.2. The zero-order valence-corrected chi connectivity index (χ0v) is 18.8. The third kappa shape index (κ3) is 6.06. The minimum atomic E-state index is -0.0912. The summed E-state index contributed by atoms with van der Waals surface area (Å²) >= 11 is 7.31. The molecule has 1 saturated heterocycles. The number of anilines is 1. The molecule has 1 fully saturated rings. The summed E-state index contributed by atoms with van der Waals surface area (Å²) in [6, 6.07) is 11.0. The van der Waals surface area contributed by atoms with Gasteiger partial charge in [-0.25, -0.2) is 0 Å². The number of quaternary nitrogens is 1. The summed E-state index contributed by atoms with van der Waals surface area (Å²) in [6.45, 7) is 4.27. The highest BCUT2D eigenvalue weighted by atomic mass is 35.5. The van der Waals surface area contributed by atoms with Gasteiger partial charge in [-0.15, -0.1) is 10.2 Å². The number of thioether (sulfide) groups is 1. The molecule has 0 spiro atoms. The highest BCUT2D eigenvalue weighted by molar-refractivity contribution is 7.99. The number of carbonyl (C=O) groups excluding carboxylic acids is 1. The Kier molecular flexibility index (Phi) is 7.56. The lowest BCUT2D eigenvalue weighted by atomic mass is 10.1. The minimum absolute atomic E-state index is 0.0912. The summed E-state index contributed by atoms with van der Waals surface area (Å²) < 4.78 is 2.12. The number of nitrogens with one attached hydrogen (secondary N) is 2. The number of halogens is 1. The number of amides is 1. The van der Waals surface area contributed by atoms with E-state index in [0.29, 0.717) is 5.02 Å². The smallest absolute Gasteiger partial charge is 0.234 e. The molecular weight excluding hydrogens is 432 g/mol. The maximum absolute atomic E-state index is 12.4. The predicted molar refractivity (Wildman–Crippen MR) is 123 cm³/mol. The van der Waals surface area contributed by atoms with Crippen molar-refractivity contribution >= 4 is 35.0 Å². The lowest BCUT2D eigenvalue weighted by Gasteiger charge is -2.24. The van der Waals surface area contributed by atoms with Gasteiger partial charge >= 0.3 is 0 Å². The van der Waals surface area contributed by atoms with Crippen LogP contribution in [0.3, 0.4) is 0 Å². The highest BCUT2D eigenvalue weighted by Crippen LogP contribution is 2.23. The Morgan fingerprint density at radius 1 is 1.13 bits per heavy atom. The largest absolute Gasteiger partial charge is 0.333 e. The van der Waals surface area contributed by atoms with Crippen molar-refractivity contribution in [1.29, 1.82) is 0 Å². The molecule has 0 bridgehead atoms. The van der Waals surface area contributed by atoms with Crippen LogP contribution in [0.15, 0.2) is 53.9 Å². The van der Waals surface area contributed by atoms with Gasteiger partial charge in [-0.05, 0) is 55.7 Å². The molecule has 4 rings (SSSR count). The highest BCUT2D eigenvalue weighted by Gasteiger charge is 2.19. The summed E-state index contributed by atoms with van der Waals surface area (Å²) in [5, 5.41) is 13.1. The molecule has 1 aromatic carbocycles. The maximum atomic E-state index is 12.4. The van der Waals surface area contributed by atoms with Gasteiger partial charge in [0.05, 0.1) is 31.9 Å². The fourth-order valence-corrected chi connectivity index (χ4v) is 4.63. The number of piperidine rings is 1. The molecule has 1 aliphatic heterocycles. The van der Waals surface area contributed by atoms with Crippen molar-refractivity contribution in [3.05, 3.63) is 53.8 Å². The van der Waals surface area contributed by atoms with Gasteiger partial charge in [0.25, 0.3) is 0 Å². The van der Waals surface area contributed by atoms with Crippen LogP contribution in [0.25, 0.3) is 11.4 Å². The fourth-order valence-electron chi connectivity index (χ4n) is 3.74. The van der Waals surface area contributed by atoms with Gasteiger partial charge in [0.15, 0.2) is 11.0 Å². The average molecular weight is 458 g/mol. The van der Waals surface area contributed by atoms with Crippen LogP contribution in [-0.4, -0.2) is 51.0 Å². The van der Waals surface area contributed by atoms with Crippen LogP contribution >= 0.6 is 23.4 Å². The Balaban J connectivity index is 1.44. The number of benzene rings is 1. The second-order valence-electron chi connectivity index (χ2n) is 7.60. The number of rotatable bonds is 8. The molecule has 162 valence electrons. The first kappa shape index (κ1) is 21.8. The summed E-state index contributed by atoms with van der Waals surface area (Å²) in [4.78, 5) is 18.3. The molecule has 1 amide bonds. The second kappa shape index (κ2) is 10.7. The number of carbonyl (C=O) groups is 1. The van der Waals surface area contributed by atoms with E-state index in [1.54, 1.807) is 41.6 Å². The van der Waals surface area contributed by atoms with Crippen LogP contribution < -0.4 is 10.2 Å². The van der Waals surface area contributed by atoms with Crippen molar-refractivity contribution < 1.29 is 9.69 Å². The lowest BCUT2D eigenvalue weighted by molar-refractivity contribution is -0.905. The van der Waals surface area contributed by atoms with E-state index in [0.717, 1.165) is 35.3 Å².